The van der Waals surface area contributed by atoms with Crippen molar-refractivity contribution < 1.29 is 9.59 Å². The summed E-state index contributed by atoms with van der Waals surface area (Å²) in [6.45, 7) is 1.38. The molecular weight excluding hydrogens is 276 g/mol. The standard InChI is InChI=1S/C13H12N4O2S/c1-10(18)17-12(19)8-14-9-16(17)13(20)15-7-11-5-3-2-4-6-11/h2-8H,9H2,1H3. The molecule has 7 heteroatoms. The van der Waals surface area contributed by atoms with Crippen molar-refractivity contribution in [2.75, 3.05) is 6.67 Å². The Morgan fingerprint density at radius 2 is 2.10 bits per heavy atom. The summed E-state index contributed by atoms with van der Waals surface area (Å²) in [7, 11) is 0. The zero-order valence-corrected chi connectivity index (χ0v) is 11.6. The van der Waals surface area contributed by atoms with Crippen LogP contribution in [0.2, 0.25) is 0 Å². The number of imide groups is 1. The maximum absolute atomic E-state index is 11.6. The Morgan fingerprint density at radius 1 is 1.40 bits per heavy atom. The van der Waals surface area contributed by atoms with Crippen molar-refractivity contribution in [1.82, 2.24) is 10.0 Å². The van der Waals surface area contributed by atoms with Gasteiger partial charge in [-0.25, -0.2) is 10.0 Å². The molecule has 0 aromatic heterocycles. The quantitative estimate of drug-likeness (QED) is 0.572. The number of hydrazine groups is 1. The first kappa shape index (κ1) is 14.0. The molecule has 1 aliphatic rings. The van der Waals surface area contributed by atoms with Crippen molar-refractivity contribution in [2.24, 2.45) is 9.98 Å². The second-order valence-corrected chi connectivity index (χ2v) is 4.34. The van der Waals surface area contributed by atoms with Crippen molar-refractivity contribution in [3.05, 3.63) is 35.9 Å². The predicted molar refractivity (Wildman–Crippen MR) is 79.4 cm³/mol. The highest BCUT2D eigenvalue weighted by atomic mass is 32.1. The summed E-state index contributed by atoms with van der Waals surface area (Å²) in [6, 6.07) is 9.38. The molecule has 0 saturated carbocycles. The summed E-state index contributed by atoms with van der Waals surface area (Å²) in [5.74, 6) is -0.959. The highest BCUT2D eigenvalue weighted by molar-refractivity contribution is 7.80. The van der Waals surface area contributed by atoms with Crippen LogP contribution in [0, 0.1) is 0 Å². The van der Waals surface area contributed by atoms with Gasteiger partial charge in [-0.05, 0) is 17.8 Å². The van der Waals surface area contributed by atoms with Gasteiger partial charge in [0.2, 0.25) is 11.0 Å². The fourth-order valence-corrected chi connectivity index (χ4v) is 1.83. The fraction of sp³-hybridized carbons (Fsp3) is 0.154. The van der Waals surface area contributed by atoms with Gasteiger partial charge in [-0.3, -0.25) is 14.6 Å². The Morgan fingerprint density at radius 3 is 2.75 bits per heavy atom. The van der Waals surface area contributed by atoms with Crippen LogP contribution in [-0.4, -0.2) is 46.0 Å². The molecule has 0 spiro atoms. The second-order valence-electron chi connectivity index (χ2n) is 3.97. The Kier molecular flexibility index (Phi) is 4.31. The van der Waals surface area contributed by atoms with Crippen molar-refractivity contribution in [1.29, 1.82) is 0 Å². The van der Waals surface area contributed by atoms with Crippen molar-refractivity contribution in [2.45, 2.75) is 6.92 Å². The van der Waals surface area contributed by atoms with E-state index in [4.69, 9.17) is 12.2 Å². The van der Waals surface area contributed by atoms with Gasteiger partial charge in [0.1, 0.15) is 6.67 Å². The number of hydrogen-bond donors (Lipinski definition) is 0. The summed E-state index contributed by atoms with van der Waals surface area (Å²) in [5.41, 5.74) is 0.871. The number of benzene rings is 1. The van der Waals surface area contributed by atoms with E-state index in [1.165, 1.54) is 11.9 Å². The SMILES string of the molecule is CC(=O)N1C(=O)C=NCN1C(=S)N=Cc1ccccc1. The molecular formula is C13H12N4O2S. The molecule has 1 aromatic rings. The third kappa shape index (κ3) is 3.12. The molecule has 6 nitrogen and oxygen atoms in total. The molecule has 1 heterocycles. The lowest BCUT2D eigenvalue weighted by Gasteiger charge is -2.32. The zero-order valence-electron chi connectivity index (χ0n) is 10.8. The van der Waals surface area contributed by atoms with Crippen LogP contribution >= 0.6 is 12.2 Å². The fourth-order valence-electron chi connectivity index (χ4n) is 1.64. The van der Waals surface area contributed by atoms with Gasteiger partial charge in [0, 0.05) is 13.1 Å². The predicted octanol–water partition coefficient (Wildman–Crippen LogP) is 1.02. The first-order valence-electron chi connectivity index (χ1n) is 5.84. The lowest BCUT2D eigenvalue weighted by atomic mass is 10.2. The molecule has 1 aromatic carbocycles. The minimum absolute atomic E-state index is 0.0935. The van der Waals surface area contributed by atoms with Gasteiger partial charge in [-0.1, -0.05) is 30.3 Å². The van der Waals surface area contributed by atoms with Gasteiger partial charge in [0.15, 0.2) is 0 Å². The van der Waals surface area contributed by atoms with Crippen molar-refractivity contribution >= 4 is 41.6 Å². The van der Waals surface area contributed by atoms with Crippen LogP contribution in [0.25, 0.3) is 0 Å². The molecule has 0 saturated heterocycles. The molecule has 0 radical (unpaired) electrons. The van der Waals surface area contributed by atoms with Crippen LogP contribution in [0.3, 0.4) is 0 Å². The molecule has 0 N–H and O–H groups in total. The normalized spacial score (nSPS) is 14.9. The third-order valence-electron chi connectivity index (χ3n) is 2.51. The number of carbonyl (C=O) groups is 2. The number of aliphatic imine (C=N–C) groups is 2. The van der Waals surface area contributed by atoms with Crippen LogP contribution in [0.5, 0.6) is 0 Å². The molecule has 2 amide bonds. The molecule has 0 aliphatic carbocycles. The minimum atomic E-state index is -0.527. The summed E-state index contributed by atoms with van der Waals surface area (Å²) in [6.07, 6.45) is 2.67. The Hall–Kier alpha value is -2.41. The number of nitrogens with zero attached hydrogens (tertiary/aromatic N) is 4. The molecule has 0 fully saturated rings. The molecule has 20 heavy (non-hydrogen) atoms. The smallest absolute Gasteiger partial charge is 0.273 e. The van der Waals surface area contributed by atoms with Crippen molar-refractivity contribution in [3.8, 4) is 0 Å². The number of thiocarbonyl (C=S) groups is 1. The van der Waals surface area contributed by atoms with Gasteiger partial charge in [-0.2, -0.15) is 5.01 Å². The monoisotopic (exact) mass is 288 g/mol. The van der Waals surface area contributed by atoms with E-state index in [-0.39, 0.29) is 11.8 Å². The van der Waals surface area contributed by atoms with E-state index in [1.807, 2.05) is 30.3 Å². The highest BCUT2D eigenvalue weighted by Gasteiger charge is 2.28. The maximum atomic E-state index is 11.6. The highest BCUT2D eigenvalue weighted by Crippen LogP contribution is 2.07. The topological polar surface area (TPSA) is 65.3 Å². The largest absolute Gasteiger partial charge is 0.290 e. The van der Waals surface area contributed by atoms with Crippen LogP contribution in [0.4, 0.5) is 0 Å². The van der Waals surface area contributed by atoms with Gasteiger partial charge >= 0.3 is 0 Å². The van der Waals surface area contributed by atoms with E-state index in [0.29, 0.717) is 0 Å². The molecule has 0 atom stereocenters. The summed E-state index contributed by atoms with van der Waals surface area (Å²) >= 11 is 5.13. The van der Waals surface area contributed by atoms with Crippen molar-refractivity contribution in [3.63, 3.8) is 0 Å². The number of rotatable bonds is 1. The number of carbonyl (C=O) groups excluding carboxylic acids is 2. The molecule has 0 bridgehead atoms. The summed E-state index contributed by atoms with van der Waals surface area (Å²) in [5, 5.41) is 2.30. The van der Waals surface area contributed by atoms with Crippen LogP contribution in [0.15, 0.2) is 40.3 Å². The van der Waals surface area contributed by atoms with Crippen LogP contribution < -0.4 is 0 Å². The average Bonchev–Trinajstić information content (AvgIpc) is 2.45. The summed E-state index contributed by atoms with van der Waals surface area (Å²) in [4.78, 5) is 31.1. The van der Waals surface area contributed by atoms with Gasteiger partial charge in [-0.15, -0.1) is 0 Å². The Labute approximate surface area is 121 Å². The van der Waals surface area contributed by atoms with Gasteiger partial charge in [0.25, 0.3) is 5.91 Å². The van der Waals surface area contributed by atoms with E-state index in [0.717, 1.165) is 16.8 Å². The van der Waals surface area contributed by atoms with Crippen LogP contribution in [-0.2, 0) is 9.59 Å². The molecule has 102 valence electrons. The average molecular weight is 288 g/mol. The molecule has 2 rings (SSSR count). The zero-order chi connectivity index (χ0) is 14.5. The maximum Gasteiger partial charge on any atom is 0.290 e. The van der Waals surface area contributed by atoms with E-state index in [9.17, 15) is 9.59 Å². The first-order chi connectivity index (χ1) is 9.59. The van der Waals surface area contributed by atoms with Gasteiger partial charge < -0.3 is 0 Å². The summed E-state index contributed by atoms with van der Waals surface area (Å²) < 4.78 is 0. The number of amides is 2. The lowest BCUT2D eigenvalue weighted by molar-refractivity contribution is -0.152. The second kappa shape index (κ2) is 6.16. The number of hydrogen-bond acceptors (Lipinski definition) is 4. The van der Waals surface area contributed by atoms with Crippen LogP contribution in [0.1, 0.15) is 12.5 Å². The first-order valence-corrected chi connectivity index (χ1v) is 6.25. The Balaban J connectivity index is 2.16. The van der Waals surface area contributed by atoms with E-state index in [2.05, 4.69) is 9.98 Å². The molecule has 1 aliphatic heterocycles. The van der Waals surface area contributed by atoms with E-state index < -0.39 is 11.8 Å². The lowest BCUT2D eigenvalue weighted by Crippen LogP contribution is -2.54. The Bertz CT molecular complexity index is 598. The van der Waals surface area contributed by atoms with E-state index in [1.54, 1.807) is 6.21 Å². The molecule has 0 unspecified atom stereocenters. The van der Waals surface area contributed by atoms with E-state index >= 15 is 0 Å². The minimum Gasteiger partial charge on any atom is -0.273 e. The third-order valence-corrected chi connectivity index (χ3v) is 2.83. The van der Waals surface area contributed by atoms with Gasteiger partial charge in [0.05, 0.1) is 6.21 Å².